The number of rotatable bonds is 7. The van der Waals surface area contributed by atoms with E-state index in [-0.39, 0.29) is 0 Å². The minimum absolute atomic E-state index is 0.318. The lowest BCUT2D eigenvalue weighted by molar-refractivity contribution is 0.414. The third-order valence-corrected chi connectivity index (χ3v) is 3.88. The first kappa shape index (κ1) is 14.4. The zero-order chi connectivity index (χ0) is 12.7. The van der Waals surface area contributed by atoms with Crippen LogP contribution in [0.2, 0.25) is 0 Å². The molecule has 1 nitrogen and oxygen atoms in total. The van der Waals surface area contributed by atoms with Crippen LogP contribution >= 0.6 is 11.6 Å². The van der Waals surface area contributed by atoms with Gasteiger partial charge >= 0.3 is 0 Å². The predicted octanol–water partition coefficient (Wildman–Crippen LogP) is 4.67. The standard InChI is InChI=1S/C15H23ClO/c1-4-5-15(16)12(2)6-7-13-8-10-14(17-3)11-9-13/h8-12,15H,4-7H2,1-3H3. The van der Waals surface area contributed by atoms with Crippen LogP contribution in [0.15, 0.2) is 24.3 Å². The highest BCUT2D eigenvalue weighted by molar-refractivity contribution is 6.20. The summed E-state index contributed by atoms with van der Waals surface area (Å²) >= 11 is 6.33. The maximum Gasteiger partial charge on any atom is 0.118 e. The summed E-state index contributed by atoms with van der Waals surface area (Å²) in [7, 11) is 1.69. The van der Waals surface area contributed by atoms with Crippen LogP contribution in [0, 0.1) is 5.92 Å². The Morgan fingerprint density at radius 2 is 1.82 bits per heavy atom. The van der Waals surface area contributed by atoms with Gasteiger partial charge < -0.3 is 4.74 Å². The Labute approximate surface area is 110 Å². The third-order valence-electron chi connectivity index (χ3n) is 3.23. The molecule has 0 bridgehead atoms. The van der Waals surface area contributed by atoms with Gasteiger partial charge in [-0.15, -0.1) is 11.6 Å². The van der Waals surface area contributed by atoms with Crippen molar-refractivity contribution in [2.75, 3.05) is 7.11 Å². The molecule has 0 fully saturated rings. The zero-order valence-electron chi connectivity index (χ0n) is 11.1. The molecule has 96 valence electrons. The minimum atomic E-state index is 0.318. The Morgan fingerprint density at radius 1 is 1.18 bits per heavy atom. The topological polar surface area (TPSA) is 9.23 Å². The summed E-state index contributed by atoms with van der Waals surface area (Å²) in [5.41, 5.74) is 1.36. The van der Waals surface area contributed by atoms with E-state index in [0.29, 0.717) is 11.3 Å². The molecule has 0 aliphatic rings. The molecule has 1 rings (SSSR count). The van der Waals surface area contributed by atoms with Crippen molar-refractivity contribution in [3.63, 3.8) is 0 Å². The summed E-state index contributed by atoms with van der Waals surface area (Å²) in [6.45, 7) is 4.43. The van der Waals surface area contributed by atoms with E-state index in [1.165, 1.54) is 12.0 Å². The molecule has 0 saturated carbocycles. The molecule has 0 spiro atoms. The van der Waals surface area contributed by atoms with Crippen LogP contribution in [-0.2, 0) is 6.42 Å². The van der Waals surface area contributed by atoms with Crippen molar-refractivity contribution >= 4 is 11.6 Å². The van der Waals surface area contributed by atoms with E-state index < -0.39 is 0 Å². The van der Waals surface area contributed by atoms with Crippen LogP contribution in [0.5, 0.6) is 5.75 Å². The number of benzene rings is 1. The van der Waals surface area contributed by atoms with Crippen molar-refractivity contribution in [1.29, 1.82) is 0 Å². The average Bonchev–Trinajstić information content (AvgIpc) is 2.36. The van der Waals surface area contributed by atoms with Crippen LogP contribution in [0.4, 0.5) is 0 Å². The lowest BCUT2D eigenvalue weighted by Gasteiger charge is -2.17. The molecule has 0 aliphatic heterocycles. The smallest absolute Gasteiger partial charge is 0.118 e. The second-order valence-electron chi connectivity index (χ2n) is 4.67. The summed E-state index contributed by atoms with van der Waals surface area (Å²) in [6, 6.07) is 8.30. The monoisotopic (exact) mass is 254 g/mol. The van der Waals surface area contributed by atoms with Gasteiger partial charge in [-0.2, -0.15) is 0 Å². The lowest BCUT2D eigenvalue weighted by Crippen LogP contribution is -2.12. The number of aryl methyl sites for hydroxylation is 1. The Morgan fingerprint density at radius 3 is 2.35 bits per heavy atom. The summed E-state index contributed by atoms with van der Waals surface area (Å²) in [6.07, 6.45) is 4.53. The van der Waals surface area contributed by atoms with Crippen molar-refractivity contribution in [1.82, 2.24) is 0 Å². The second kappa shape index (κ2) is 7.60. The molecule has 1 aromatic rings. The number of hydrogen-bond acceptors (Lipinski definition) is 1. The molecule has 2 atom stereocenters. The lowest BCUT2D eigenvalue weighted by atomic mass is 9.96. The predicted molar refractivity (Wildman–Crippen MR) is 75.0 cm³/mol. The van der Waals surface area contributed by atoms with Crippen molar-refractivity contribution in [2.45, 2.75) is 44.9 Å². The van der Waals surface area contributed by atoms with E-state index in [0.717, 1.165) is 25.0 Å². The van der Waals surface area contributed by atoms with Crippen LogP contribution in [-0.4, -0.2) is 12.5 Å². The molecule has 0 aromatic heterocycles. The summed E-state index contributed by atoms with van der Waals surface area (Å²) in [5, 5.41) is 0.318. The maximum absolute atomic E-state index is 6.33. The van der Waals surface area contributed by atoms with Gasteiger partial charge in [-0.25, -0.2) is 0 Å². The molecule has 0 N–H and O–H groups in total. The van der Waals surface area contributed by atoms with E-state index >= 15 is 0 Å². The number of hydrogen-bond donors (Lipinski definition) is 0. The third kappa shape index (κ3) is 4.99. The van der Waals surface area contributed by atoms with Gasteiger partial charge in [-0.1, -0.05) is 32.4 Å². The SMILES string of the molecule is CCCC(Cl)C(C)CCc1ccc(OC)cc1. The van der Waals surface area contributed by atoms with Gasteiger partial charge in [0.15, 0.2) is 0 Å². The highest BCUT2D eigenvalue weighted by atomic mass is 35.5. The Balaban J connectivity index is 2.38. The van der Waals surface area contributed by atoms with E-state index in [1.807, 2.05) is 12.1 Å². The summed E-state index contributed by atoms with van der Waals surface area (Å²) < 4.78 is 5.14. The van der Waals surface area contributed by atoms with E-state index in [2.05, 4.69) is 26.0 Å². The molecule has 2 unspecified atom stereocenters. The maximum atomic E-state index is 6.33. The molecule has 0 amide bonds. The van der Waals surface area contributed by atoms with Gasteiger partial charge in [0.1, 0.15) is 5.75 Å². The van der Waals surface area contributed by atoms with Crippen molar-refractivity contribution < 1.29 is 4.74 Å². The van der Waals surface area contributed by atoms with Crippen LogP contribution in [0.25, 0.3) is 0 Å². The van der Waals surface area contributed by atoms with E-state index in [4.69, 9.17) is 16.3 Å². The molecule has 17 heavy (non-hydrogen) atoms. The van der Waals surface area contributed by atoms with E-state index in [1.54, 1.807) is 7.11 Å². The van der Waals surface area contributed by atoms with Gasteiger partial charge in [0.25, 0.3) is 0 Å². The fourth-order valence-electron chi connectivity index (χ4n) is 1.93. The largest absolute Gasteiger partial charge is 0.497 e. The first-order chi connectivity index (χ1) is 8.17. The minimum Gasteiger partial charge on any atom is -0.497 e. The van der Waals surface area contributed by atoms with Crippen LogP contribution < -0.4 is 4.74 Å². The zero-order valence-corrected chi connectivity index (χ0v) is 11.8. The first-order valence-electron chi connectivity index (χ1n) is 6.44. The van der Waals surface area contributed by atoms with Crippen molar-refractivity contribution in [3.8, 4) is 5.75 Å². The number of alkyl halides is 1. The molecule has 0 heterocycles. The summed E-state index contributed by atoms with van der Waals surface area (Å²) in [4.78, 5) is 0. The quantitative estimate of drug-likeness (QED) is 0.643. The molecule has 0 radical (unpaired) electrons. The van der Waals surface area contributed by atoms with E-state index in [9.17, 15) is 0 Å². The first-order valence-corrected chi connectivity index (χ1v) is 6.88. The Bertz CT molecular complexity index is 307. The Hall–Kier alpha value is -0.690. The van der Waals surface area contributed by atoms with Gasteiger partial charge in [-0.3, -0.25) is 0 Å². The normalized spacial score (nSPS) is 14.4. The number of halogens is 1. The van der Waals surface area contributed by atoms with Gasteiger partial charge in [-0.05, 0) is 42.9 Å². The Kier molecular flexibility index (Phi) is 6.43. The van der Waals surface area contributed by atoms with Gasteiger partial charge in [0.05, 0.1) is 7.11 Å². The van der Waals surface area contributed by atoms with Gasteiger partial charge in [0, 0.05) is 5.38 Å². The fraction of sp³-hybridized carbons (Fsp3) is 0.600. The number of methoxy groups -OCH3 is 1. The van der Waals surface area contributed by atoms with Crippen LogP contribution in [0.3, 0.4) is 0 Å². The average molecular weight is 255 g/mol. The molecular formula is C15H23ClO. The van der Waals surface area contributed by atoms with Crippen LogP contribution in [0.1, 0.15) is 38.7 Å². The molecule has 0 aliphatic carbocycles. The number of ether oxygens (including phenoxy) is 1. The molecular weight excluding hydrogens is 232 g/mol. The summed E-state index contributed by atoms with van der Waals surface area (Å²) in [5.74, 6) is 1.50. The molecule has 1 aromatic carbocycles. The molecule has 0 saturated heterocycles. The van der Waals surface area contributed by atoms with Gasteiger partial charge in [0.2, 0.25) is 0 Å². The highest BCUT2D eigenvalue weighted by Crippen LogP contribution is 2.21. The molecule has 2 heteroatoms. The van der Waals surface area contributed by atoms with Crippen molar-refractivity contribution in [2.24, 2.45) is 5.92 Å². The fourth-order valence-corrected chi connectivity index (χ4v) is 2.27. The highest BCUT2D eigenvalue weighted by Gasteiger charge is 2.13. The second-order valence-corrected chi connectivity index (χ2v) is 5.23. The van der Waals surface area contributed by atoms with Crippen molar-refractivity contribution in [3.05, 3.63) is 29.8 Å².